The Morgan fingerprint density at radius 1 is 1.41 bits per heavy atom. The molecule has 3 heteroatoms. The van der Waals surface area contributed by atoms with Crippen molar-refractivity contribution in [2.45, 2.75) is 38.6 Å². The van der Waals surface area contributed by atoms with Gasteiger partial charge in [-0.3, -0.25) is 0 Å². The monoisotopic (exact) mass is 256 g/mol. The number of rotatable bonds is 5. The zero-order valence-corrected chi connectivity index (χ0v) is 12.3. The Labute approximate surface area is 111 Å². The fourth-order valence-electron chi connectivity index (χ4n) is 3.06. The van der Waals surface area contributed by atoms with E-state index in [1.54, 1.807) is 0 Å². The first-order valence-electron chi connectivity index (χ1n) is 7.26. The van der Waals surface area contributed by atoms with Crippen LogP contribution in [0.2, 0.25) is 0 Å². The maximum Gasteiger partial charge on any atom is 0.0191 e. The third-order valence-corrected chi connectivity index (χ3v) is 5.75. The van der Waals surface area contributed by atoms with E-state index < -0.39 is 0 Å². The van der Waals surface area contributed by atoms with Crippen molar-refractivity contribution in [3.63, 3.8) is 0 Å². The maximum atomic E-state index is 3.54. The van der Waals surface area contributed by atoms with Crippen molar-refractivity contribution in [3.05, 3.63) is 0 Å². The number of piperidine rings is 1. The molecule has 0 aromatic carbocycles. The molecule has 2 rings (SSSR count). The van der Waals surface area contributed by atoms with E-state index in [0.29, 0.717) is 0 Å². The van der Waals surface area contributed by atoms with E-state index >= 15 is 0 Å². The molecule has 0 aromatic rings. The minimum Gasteiger partial charge on any atom is -0.316 e. The summed E-state index contributed by atoms with van der Waals surface area (Å²) in [6.45, 7) is 6.24. The molecule has 2 saturated heterocycles. The first-order valence-corrected chi connectivity index (χ1v) is 8.41. The molecule has 2 heterocycles. The van der Waals surface area contributed by atoms with Crippen LogP contribution in [0, 0.1) is 11.8 Å². The van der Waals surface area contributed by atoms with Crippen LogP contribution in [0.1, 0.15) is 32.6 Å². The Balaban J connectivity index is 1.65. The fourth-order valence-corrected chi connectivity index (χ4v) is 4.36. The zero-order valence-electron chi connectivity index (χ0n) is 11.5. The van der Waals surface area contributed by atoms with Gasteiger partial charge in [0.05, 0.1) is 0 Å². The zero-order chi connectivity index (χ0) is 12.1. The van der Waals surface area contributed by atoms with Crippen molar-refractivity contribution >= 4 is 11.8 Å². The van der Waals surface area contributed by atoms with Crippen LogP contribution >= 0.6 is 11.8 Å². The summed E-state index contributed by atoms with van der Waals surface area (Å²) in [6, 6.07) is 0.858. The number of nitrogens with zero attached hydrogens (tertiary/aromatic N) is 1. The van der Waals surface area contributed by atoms with Gasteiger partial charge >= 0.3 is 0 Å². The average molecular weight is 256 g/mol. The lowest BCUT2D eigenvalue weighted by Gasteiger charge is -2.31. The van der Waals surface area contributed by atoms with Crippen molar-refractivity contribution in [1.82, 2.24) is 10.2 Å². The molecule has 2 fully saturated rings. The Hall–Kier alpha value is 0.270. The molecule has 3 unspecified atom stereocenters. The molecule has 1 N–H and O–H groups in total. The SMILES string of the molecule is CC(CCN(C)C1CCSC1)C1CCCNC1. The molecule has 100 valence electrons. The van der Waals surface area contributed by atoms with Gasteiger partial charge in [0.15, 0.2) is 0 Å². The van der Waals surface area contributed by atoms with Gasteiger partial charge in [-0.2, -0.15) is 11.8 Å². The predicted octanol–water partition coefficient (Wildman–Crippen LogP) is 2.45. The van der Waals surface area contributed by atoms with E-state index in [1.807, 2.05) is 0 Å². The van der Waals surface area contributed by atoms with Crippen molar-refractivity contribution in [2.24, 2.45) is 11.8 Å². The third-order valence-electron chi connectivity index (χ3n) is 4.61. The highest BCUT2D eigenvalue weighted by Gasteiger charge is 2.23. The lowest BCUT2D eigenvalue weighted by Crippen LogP contribution is -2.36. The Kier molecular flexibility index (Phi) is 5.64. The minimum atomic E-state index is 0.858. The second kappa shape index (κ2) is 7.01. The van der Waals surface area contributed by atoms with Crippen LogP contribution in [0.5, 0.6) is 0 Å². The van der Waals surface area contributed by atoms with Crippen molar-refractivity contribution < 1.29 is 0 Å². The molecule has 0 saturated carbocycles. The predicted molar refractivity (Wildman–Crippen MR) is 77.7 cm³/mol. The first-order chi connectivity index (χ1) is 8.27. The highest BCUT2D eigenvalue weighted by atomic mass is 32.2. The summed E-state index contributed by atoms with van der Waals surface area (Å²) in [5.41, 5.74) is 0. The molecule has 0 radical (unpaired) electrons. The largest absolute Gasteiger partial charge is 0.316 e. The molecule has 2 nitrogen and oxygen atoms in total. The van der Waals surface area contributed by atoms with E-state index in [4.69, 9.17) is 0 Å². The molecule has 3 atom stereocenters. The Morgan fingerprint density at radius 2 is 2.29 bits per heavy atom. The topological polar surface area (TPSA) is 15.3 Å². The van der Waals surface area contributed by atoms with Gasteiger partial charge in [-0.05, 0) is 70.0 Å². The minimum absolute atomic E-state index is 0.858. The molecule has 0 bridgehead atoms. The van der Waals surface area contributed by atoms with Crippen LogP contribution in [-0.2, 0) is 0 Å². The lowest BCUT2D eigenvalue weighted by atomic mass is 9.85. The van der Waals surface area contributed by atoms with Crippen LogP contribution in [-0.4, -0.2) is 49.1 Å². The standard InChI is InChI=1S/C14H28N2S/c1-12(13-4-3-7-15-10-13)5-8-16(2)14-6-9-17-11-14/h12-15H,3-11H2,1-2H3. The number of thioether (sulfide) groups is 1. The van der Waals surface area contributed by atoms with Gasteiger partial charge in [-0.25, -0.2) is 0 Å². The van der Waals surface area contributed by atoms with E-state index in [9.17, 15) is 0 Å². The summed E-state index contributed by atoms with van der Waals surface area (Å²) in [5, 5.41) is 3.54. The van der Waals surface area contributed by atoms with Crippen LogP contribution in [0.4, 0.5) is 0 Å². The summed E-state index contributed by atoms with van der Waals surface area (Å²) in [6.07, 6.45) is 5.60. The molecule has 0 aliphatic carbocycles. The maximum absolute atomic E-state index is 3.54. The van der Waals surface area contributed by atoms with E-state index in [0.717, 1.165) is 17.9 Å². The Bertz CT molecular complexity index is 210. The summed E-state index contributed by atoms with van der Waals surface area (Å²) < 4.78 is 0. The molecule has 0 amide bonds. The third kappa shape index (κ3) is 4.15. The van der Waals surface area contributed by atoms with Crippen molar-refractivity contribution in [2.75, 3.05) is 38.2 Å². The average Bonchev–Trinajstić information content (AvgIpc) is 2.90. The first kappa shape index (κ1) is 13.7. The summed E-state index contributed by atoms with van der Waals surface area (Å²) in [5.74, 6) is 4.54. The van der Waals surface area contributed by atoms with Gasteiger partial charge in [0, 0.05) is 11.8 Å². The lowest BCUT2D eigenvalue weighted by molar-refractivity contribution is 0.207. The van der Waals surface area contributed by atoms with E-state index in [2.05, 4.69) is 35.9 Å². The van der Waals surface area contributed by atoms with E-state index in [1.165, 1.54) is 56.8 Å². The fraction of sp³-hybridized carbons (Fsp3) is 1.00. The molecule has 0 aromatic heterocycles. The highest BCUT2D eigenvalue weighted by molar-refractivity contribution is 7.99. The highest BCUT2D eigenvalue weighted by Crippen LogP contribution is 2.25. The van der Waals surface area contributed by atoms with Crippen LogP contribution in [0.3, 0.4) is 0 Å². The number of nitrogens with one attached hydrogen (secondary N) is 1. The Morgan fingerprint density at radius 3 is 2.94 bits per heavy atom. The summed E-state index contributed by atoms with van der Waals surface area (Å²) >= 11 is 2.12. The van der Waals surface area contributed by atoms with Gasteiger partial charge < -0.3 is 10.2 Å². The van der Waals surface area contributed by atoms with Crippen molar-refractivity contribution in [3.8, 4) is 0 Å². The second-order valence-corrected chi connectivity index (χ2v) is 7.02. The molecule has 2 aliphatic heterocycles. The van der Waals surface area contributed by atoms with Gasteiger partial charge in [0.2, 0.25) is 0 Å². The van der Waals surface area contributed by atoms with Gasteiger partial charge in [0.25, 0.3) is 0 Å². The van der Waals surface area contributed by atoms with E-state index in [-0.39, 0.29) is 0 Å². The summed E-state index contributed by atoms with van der Waals surface area (Å²) in [7, 11) is 2.32. The quantitative estimate of drug-likeness (QED) is 0.813. The normalized spacial score (nSPS) is 31.9. The van der Waals surface area contributed by atoms with Gasteiger partial charge in [0.1, 0.15) is 0 Å². The van der Waals surface area contributed by atoms with Gasteiger partial charge in [-0.15, -0.1) is 0 Å². The van der Waals surface area contributed by atoms with Crippen LogP contribution < -0.4 is 5.32 Å². The summed E-state index contributed by atoms with van der Waals surface area (Å²) in [4.78, 5) is 2.60. The molecular formula is C14H28N2S. The smallest absolute Gasteiger partial charge is 0.0191 e. The molecular weight excluding hydrogens is 228 g/mol. The van der Waals surface area contributed by atoms with Crippen LogP contribution in [0.25, 0.3) is 0 Å². The van der Waals surface area contributed by atoms with Crippen LogP contribution in [0.15, 0.2) is 0 Å². The van der Waals surface area contributed by atoms with Crippen molar-refractivity contribution in [1.29, 1.82) is 0 Å². The number of hydrogen-bond acceptors (Lipinski definition) is 3. The molecule has 2 aliphatic rings. The second-order valence-electron chi connectivity index (χ2n) is 5.87. The van der Waals surface area contributed by atoms with Gasteiger partial charge in [-0.1, -0.05) is 6.92 Å². The molecule has 0 spiro atoms. The molecule has 17 heavy (non-hydrogen) atoms. The number of hydrogen-bond donors (Lipinski definition) is 1.